The van der Waals surface area contributed by atoms with Gasteiger partial charge in [0.1, 0.15) is 5.75 Å². The summed E-state index contributed by atoms with van der Waals surface area (Å²) in [6, 6.07) is 8.69. The summed E-state index contributed by atoms with van der Waals surface area (Å²) in [5.41, 5.74) is 2.33. The molecular weight excluding hydrogens is 280 g/mol. The minimum absolute atomic E-state index is 0.546. The molecule has 1 unspecified atom stereocenters. The third-order valence-electron chi connectivity index (χ3n) is 3.69. The van der Waals surface area contributed by atoms with Crippen molar-refractivity contribution < 1.29 is 4.74 Å². The van der Waals surface area contributed by atoms with E-state index in [2.05, 4.69) is 32.2 Å². The highest BCUT2D eigenvalue weighted by molar-refractivity contribution is 7.11. The number of aryl methyl sites for hydroxylation is 1. The second kappa shape index (κ2) is 7.57. The zero-order chi connectivity index (χ0) is 15.2. The Bertz CT molecular complexity index is 580. The SMILES string of the molecule is CCC(C)NCc1sc(Cc2ccccc2OC)nc1C. The van der Waals surface area contributed by atoms with Crippen molar-refractivity contribution in [1.29, 1.82) is 0 Å². The van der Waals surface area contributed by atoms with Crippen LogP contribution in [0.15, 0.2) is 24.3 Å². The van der Waals surface area contributed by atoms with Crippen LogP contribution in [0.25, 0.3) is 0 Å². The monoisotopic (exact) mass is 304 g/mol. The van der Waals surface area contributed by atoms with Crippen LogP contribution < -0.4 is 10.1 Å². The predicted molar refractivity (Wildman–Crippen MR) is 89.2 cm³/mol. The molecule has 1 aromatic heterocycles. The Labute approximate surface area is 131 Å². The number of ether oxygens (including phenoxy) is 1. The molecule has 0 aliphatic heterocycles. The Morgan fingerprint density at radius 1 is 1.33 bits per heavy atom. The zero-order valence-electron chi connectivity index (χ0n) is 13.3. The van der Waals surface area contributed by atoms with Crippen molar-refractivity contribution in [2.75, 3.05) is 7.11 Å². The van der Waals surface area contributed by atoms with Crippen molar-refractivity contribution in [2.45, 2.75) is 46.2 Å². The average Bonchev–Trinajstić information content (AvgIpc) is 2.85. The standard InChI is InChI=1S/C17H24N2OS/c1-5-12(2)18-11-16-13(3)19-17(21-16)10-14-8-6-7-9-15(14)20-4/h6-9,12,18H,5,10-11H2,1-4H3. The van der Waals surface area contributed by atoms with Crippen molar-refractivity contribution in [2.24, 2.45) is 0 Å². The molecule has 1 N–H and O–H groups in total. The van der Waals surface area contributed by atoms with E-state index in [1.807, 2.05) is 18.2 Å². The van der Waals surface area contributed by atoms with Crippen LogP contribution in [0.2, 0.25) is 0 Å². The van der Waals surface area contributed by atoms with Gasteiger partial charge in [-0.05, 0) is 26.3 Å². The van der Waals surface area contributed by atoms with Gasteiger partial charge in [0.05, 0.1) is 17.8 Å². The van der Waals surface area contributed by atoms with Crippen molar-refractivity contribution >= 4 is 11.3 Å². The first-order valence-corrected chi connectivity index (χ1v) is 8.26. The number of hydrogen-bond donors (Lipinski definition) is 1. The molecular formula is C17H24N2OS. The van der Waals surface area contributed by atoms with Gasteiger partial charge in [-0.3, -0.25) is 0 Å². The van der Waals surface area contributed by atoms with Gasteiger partial charge in [0.2, 0.25) is 0 Å². The Balaban J connectivity index is 2.08. The molecule has 1 heterocycles. The molecule has 0 aliphatic rings. The number of nitrogens with zero attached hydrogens (tertiary/aromatic N) is 1. The minimum atomic E-state index is 0.546. The van der Waals surface area contributed by atoms with Crippen LogP contribution in [0, 0.1) is 6.92 Å². The number of thiazole rings is 1. The topological polar surface area (TPSA) is 34.1 Å². The van der Waals surface area contributed by atoms with Gasteiger partial charge in [-0.2, -0.15) is 0 Å². The maximum atomic E-state index is 5.41. The normalized spacial score (nSPS) is 12.4. The lowest BCUT2D eigenvalue weighted by Gasteiger charge is -2.09. The molecule has 4 heteroatoms. The van der Waals surface area contributed by atoms with E-state index in [0.717, 1.165) is 35.8 Å². The minimum Gasteiger partial charge on any atom is -0.496 e. The lowest BCUT2D eigenvalue weighted by atomic mass is 10.1. The molecule has 0 fully saturated rings. The number of aromatic nitrogens is 1. The highest BCUT2D eigenvalue weighted by atomic mass is 32.1. The van der Waals surface area contributed by atoms with Gasteiger partial charge in [-0.1, -0.05) is 25.1 Å². The molecule has 0 bridgehead atoms. The fourth-order valence-corrected chi connectivity index (χ4v) is 3.19. The van der Waals surface area contributed by atoms with E-state index >= 15 is 0 Å². The fraction of sp³-hybridized carbons (Fsp3) is 0.471. The van der Waals surface area contributed by atoms with Crippen LogP contribution in [0.1, 0.15) is 41.4 Å². The van der Waals surface area contributed by atoms with Gasteiger partial charge < -0.3 is 10.1 Å². The lowest BCUT2D eigenvalue weighted by Crippen LogP contribution is -2.24. The Morgan fingerprint density at radius 3 is 2.81 bits per heavy atom. The number of hydrogen-bond acceptors (Lipinski definition) is 4. The van der Waals surface area contributed by atoms with Gasteiger partial charge in [0.25, 0.3) is 0 Å². The quantitative estimate of drug-likeness (QED) is 0.841. The number of rotatable bonds is 7. The van der Waals surface area contributed by atoms with E-state index in [0.29, 0.717) is 6.04 Å². The molecule has 0 aliphatic carbocycles. The summed E-state index contributed by atoms with van der Waals surface area (Å²) in [6.45, 7) is 7.41. The van der Waals surface area contributed by atoms with Gasteiger partial charge in [0, 0.05) is 29.4 Å². The Morgan fingerprint density at radius 2 is 2.10 bits per heavy atom. The summed E-state index contributed by atoms with van der Waals surface area (Å²) in [5.74, 6) is 0.935. The van der Waals surface area contributed by atoms with Crippen molar-refractivity contribution in [1.82, 2.24) is 10.3 Å². The van der Waals surface area contributed by atoms with Crippen LogP contribution in [-0.4, -0.2) is 18.1 Å². The third kappa shape index (κ3) is 4.29. The summed E-state index contributed by atoms with van der Waals surface area (Å²) in [4.78, 5) is 6.04. The summed E-state index contributed by atoms with van der Waals surface area (Å²) in [7, 11) is 1.72. The summed E-state index contributed by atoms with van der Waals surface area (Å²) in [6.07, 6.45) is 1.98. The molecule has 0 saturated heterocycles. The molecule has 2 rings (SSSR count). The highest BCUT2D eigenvalue weighted by Gasteiger charge is 2.11. The molecule has 21 heavy (non-hydrogen) atoms. The lowest BCUT2D eigenvalue weighted by molar-refractivity contribution is 0.410. The first-order valence-electron chi connectivity index (χ1n) is 7.44. The van der Waals surface area contributed by atoms with Gasteiger partial charge >= 0.3 is 0 Å². The molecule has 0 radical (unpaired) electrons. The maximum Gasteiger partial charge on any atom is 0.122 e. The van der Waals surface area contributed by atoms with E-state index in [1.165, 1.54) is 10.4 Å². The van der Waals surface area contributed by atoms with Crippen LogP contribution in [0.5, 0.6) is 5.75 Å². The van der Waals surface area contributed by atoms with Gasteiger partial charge in [-0.25, -0.2) is 4.98 Å². The van der Waals surface area contributed by atoms with E-state index in [4.69, 9.17) is 9.72 Å². The Hall–Kier alpha value is -1.39. The van der Waals surface area contributed by atoms with E-state index in [-0.39, 0.29) is 0 Å². The van der Waals surface area contributed by atoms with Crippen LogP contribution >= 0.6 is 11.3 Å². The number of benzene rings is 1. The van der Waals surface area contributed by atoms with Gasteiger partial charge in [0.15, 0.2) is 0 Å². The molecule has 1 aromatic carbocycles. The summed E-state index contributed by atoms with van der Waals surface area (Å²) < 4.78 is 5.41. The smallest absolute Gasteiger partial charge is 0.122 e. The molecule has 0 amide bonds. The van der Waals surface area contributed by atoms with Crippen LogP contribution in [0.4, 0.5) is 0 Å². The Kier molecular flexibility index (Phi) is 5.76. The second-order valence-electron chi connectivity index (χ2n) is 5.30. The third-order valence-corrected chi connectivity index (χ3v) is 4.85. The average molecular weight is 304 g/mol. The van der Waals surface area contributed by atoms with Crippen molar-refractivity contribution in [3.8, 4) is 5.75 Å². The molecule has 3 nitrogen and oxygen atoms in total. The van der Waals surface area contributed by atoms with Crippen molar-refractivity contribution in [3.63, 3.8) is 0 Å². The molecule has 1 atom stereocenters. The van der Waals surface area contributed by atoms with Gasteiger partial charge in [-0.15, -0.1) is 11.3 Å². The van der Waals surface area contributed by atoms with E-state index in [1.54, 1.807) is 18.4 Å². The first-order chi connectivity index (χ1) is 10.1. The number of para-hydroxylation sites is 1. The first kappa shape index (κ1) is 16.0. The zero-order valence-corrected chi connectivity index (χ0v) is 14.1. The number of methoxy groups -OCH3 is 1. The largest absolute Gasteiger partial charge is 0.496 e. The maximum absolute atomic E-state index is 5.41. The second-order valence-corrected chi connectivity index (χ2v) is 6.46. The summed E-state index contributed by atoms with van der Waals surface area (Å²) in [5, 5.41) is 4.69. The van der Waals surface area contributed by atoms with E-state index < -0.39 is 0 Å². The van der Waals surface area contributed by atoms with E-state index in [9.17, 15) is 0 Å². The van der Waals surface area contributed by atoms with Crippen LogP contribution in [-0.2, 0) is 13.0 Å². The predicted octanol–water partition coefficient (Wildman–Crippen LogP) is 3.94. The molecule has 0 saturated carbocycles. The summed E-state index contributed by atoms with van der Waals surface area (Å²) >= 11 is 1.80. The molecule has 2 aromatic rings. The molecule has 0 spiro atoms. The highest BCUT2D eigenvalue weighted by Crippen LogP contribution is 2.25. The fourth-order valence-electron chi connectivity index (χ4n) is 2.15. The van der Waals surface area contributed by atoms with Crippen LogP contribution in [0.3, 0.4) is 0 Å². The number of nitrogens with one attached hydrogen (secondary N) is 1. The molecule has 114 valence electrons. The van der Waals surface area contributed by atoms with Crippen molar-refractivity contribution in [3.05, 3.63) is 45.4 Å².